The summed E-state index contributed by atoms with van der Waals surface area (Å²) in [4.78, 5) is 0. The Morgan fingerprint density at radius 2 is 2.00 bits per heavy atom. The van der Waals surface area contributed by atoms with E-state index in [1.54, 1.807) is 0 Å². The van der Waals surface area contributed by atoms with Crippen molar-refractivity contribution in [2.24, 2.45) is 5.92 Å². The van der Waals surface area contributed by atoms with Crippen molar-refractivity contribution in [1.82, 2.24) is 5.32 Å². The molecule has 1 aliphatic heterocycles. The lowest BCUT2D eigenvalue weighted by atomic mass is 10.0. The van der Waals surface area contributed by atoms with Crippen molar-refractivity contribution in [1.29, 1.82) is 0 Å². The Labute approximate surface area is 104 Å². The van der Waals surface area contributed by atoms with Gasteiger partial charge in [-0.1, -0.05) is 29.3 Å². The molecule has 2 rings (SSSR count). The van der Waals surface area contributed by atoms with E-state index in [2.05, 4.69) is 44.3 Å². The monoisotopic (exact) mass is 233 g/mol. The predicted molar refractivity (Wildman–Crippen MR) is 71.3 cm³/mol. The lowest BCUT2D eigenvalue weighted by Crippen LogP contribution is -2.26. The van der Waals surface area contributed by atoms with Gasteiger partial charge in [-0.25, -0.2) is 0 Å². The van der Waals surface area contributed by atoms with Crippen molar-refractivity contribution in [3.63, 3.8) is 0 Å². The minimum absolute atomic E-state index is 0.425. The third kappa shape index (κ3) is 3.55. The minimum Gasteiger partial charge on any atom is -0.381 e. The van der Waals surface area contributed by atoms with Gasteiger partial charge in [-0.2, -0.15) is 0 Å². The summed E-state index contributed by atoms with van der Waals surface area (Å²) in [7, 11) is 0. The molecule has 2 unspecified atom stereocenters. The quantitative estimate of drug-likeness (QED) is 0.863. The lowest BCUT2D eigenvalue weighted by Gasteiger charge is -2.18. The summed E-state index contributed by atoms with van der Waals surface area (Å²) in [5.74, 6) is 0.698. The summed E-state index contributed by atoms with van der Waals surface area (Å²) in [6.45, 7) is 9.48. The summed E-state index contributed by atoms with van der Waals surface area (Å²) < 4.78 is 5.39. The van der Waals surface area contributed by atoms with Crippen molar-refractivity contribution in [3.05, 3.63) is 34.9 Å². The molecule has 1 heterocycles. The molecule has 0 saturated carbocycles. The lowest BCUT2D eigenvalue weighted by molar-refractivity contribution is 0.184. The first-order chi connectivity index (χ1) is 8.15. The van der Waals surface area contributed by atoms with E-state index in [0.29, 0.717) is 12.0 Å². The van der Waals surface area contributed by atoms with Crippen molar-refractivity contribution in [2.45, 2.75) is 33.2 Å². The maximum absolute atomic E-state index is 5.39. The third-order valence-corrected chi connectivity index (χ3v) is 3.48. The normalized spacial score (nSPS) is 21.7. The Morgan fingerprint density at radius 1 is 1.29 bits per heavy atom. The van der Waals surface area contributed by atoms with Crippen molar-refractivity contribution < 1.29 is 4.74 Å². The molecular formula is C15H23NO. The van der Waals surface area contributed by atoms with E-state index >= 15 is 0 Å². The highest BCUT2D eigenvalue weighted by atomic mass is 16.5. The second-order valence-corrected chi connectivity index (χ2v) is 5.28. The molecule has 1 saturated heterocycles. The molecule has 2 nitrogen and oxygen atoms in total. The average molecular weight is 233 g/mol. The maximum Gasteiger partial charge on any atom is 0.0507 e. The van der Waals surface area contributed by atoms with Crippen LogP contribution in [0.2, 0.25) is 0 Å². The van der Waals surface area contributed by atoms with Gasteiger partial charge in [-0.15, -0.1) is 0 Å². The number of hydrogen-bond donors (Lipinski definition) is 1. The molecule has 0 spiro atoms. The van der Waals surface area contributed by atoms with Crippen LogP contribution in [-0.2, 0) is 4.74 Å². The van der Waals surface area contributed by atoms with Gasteiger partial charge in [0.1, 0.15) is 0 Å². The Bertz CT molecular complexity index is 349. The highest BCUT2D eigenvalue weighted by Crippen LogP contribution is 2.18. The molecular weight excluding hydrogens is 210 g/mol. The van der Waals surface area contributed by atoms with Gasteiger partial charge in [-0.3, -0.25) is 0 Å². The zero-order valence-electron chi connectivity index (χ0n) is 11.1. The van der Waals surface area contributed by atoms with E-state index in [1.807, 2.05) is 0 Å². The van der Waals surface area contributed by atoms with E-state index in [4.69, 9.17) is 4.74 Å². The first-order valence-electron chi connectivity index (χ1n) is 6.54. The molecule has 1 aromatic rings. The highest BCUT2D eigenvalue weighted by molar-refractivity contribution is 5.30. The summed E-state index contributed by atoms with van der Waals surface area (Å²) >= 11 is 0. The van der Waals surface area contributed by atoms with E-state index in [-0.39, 0.29) is 0 Å². The van der Waals surface area contributed by atoms with Gasteiger partial charge in [0.25, 0.3) is 0 Å². The van der Waals surface area contributed by atoms with Gasteiger partial charge in [0, 0.05) is 19.2 Å². The Kier molecular flexibility index (Phi) is 4.19. The SMILES string of the molecule is Cc1cc(C)cc(C(C)NCC2CCOC2)c1. The van der Waals surface area contributed by atoms with Crippen LogP contribution in [0.5, 0.6) is 0 Å². The number of hydrogen-bond acceptors (Lipinski definition) is 2. The smallest absolute Gasteiger partial charge is 0.0507 e. The van der Waals surface area contributed by atoms with E-state index in [1.165, 1.54) is 23.1 Å². The molecule has 17 heavy (non-hydrogen) atoms. The predicted octanol–water partition coefficient (Wildman–Crippen LogP) is 2.99. The number of aryl methyl sites for hydroxylation is 2. The molecule has 94 valence electrons. The van der Waals surface area contributed by atoms with Crippen LogP contribution in [-0.4, -0.2) is 19.8 Å². The van der Waals surface area contributed by atoms with Crippen molar-refractivity contribution in [3.8, 4) is 0 Å². The molecule has 0 amide bonds. The molecule has 0 radical (unpaired) electrons. The summed E-state index contributed by atoms with van der Waals surface area (Å²) in [5.41, 5.74) is 4.08. The average Bonchev–Trinajstić information content (AvgIpc) is 2.77. The Balaban J connectivity index is 1.91. The van der Waals surface area contributed by atoms with Crippen molar-refractivity contribution in [2.75, 3.05) is 19.8 Å². The van der Waals surface area contributed by atoms with Crippen LogP contribution in [0.15, 0.2) is 18.2 Å². The minimum atomic E-state index is 0.425. The van der Waals surface area contributed by atoms with Gasteiger partial charge < -0.3 is 10.1 Å². The second-order valence-electron chi connectivity index (χ2n) is 5.28. The molecule has 1 N–H and O–H groups in total. The van der Waals surface area contributed by atoms with Gasteiger partial charge in [0.2, 0.25) is 0 Å². The molecule has 2 atom stereocenters. The standard InChI is InChI=1S/C15H23NO/c1-11-6-12(2)8-15(7-11)13(3)16-9-14-4-5-17-10-14/h6-8,13-14,16H,4-5,9-10H2,1-3H3. The largest absolute Gasteiger partial charge is 0.381 e. The highest BCUT2D eigenvalue weighted by Gasteiger charge is 2.16. The molecule has 2 heteroatoms. The Hall–Kier alpha value is -0.860. The van der Waals surface area contributed by atoms with Gasteiger partial charge in [-0.05, 0) is 38.7 Å². The molecule has 1 fully saturated rings. The second kappa shape index (κ2) is 5.65. The molecule has 0 aromatic heterocycles. The number of benzene rings is 1. The van der Waals surface area contributed by atoms with Crippen LogP contribution in [0.1, 0.15) is 36.1 Å². The first kappa shape index (κ1) is 12.6. The van der Waals surface area contributed by atoms with E-state index in [9.17, 15) is 0 Å². The summed E-state index contributed by atoms with van der Waals surface area (Å²) in [5, 5.41) is 3.62. The van der Waals surface area contributed by atoms with Crippen LogP contribution >= 0.6 is 0 Å². The topological polar surface area (TPSA) is 21.3 Å². The summed E-state index contributed by atoms with van der Waals surface area (Å²) in [6.07, 6.45) is 1.20. The summed E-state index contributed by atoms with van der Waals surface area (Å²) in [6, 6.07) is 7.20. The molecule has 0 bridgehead atoms. The van der Waals surface area contributed by atoms with Gasteiger partial charge >= 0.3 is 0 Å². The fourth-order valence-electron chi connectivity index (χ4n) is 2.47. The van der Waals surface area contributed by atoms with Gasteiger partial charge in [0.05, 0.1) is 6.61 Å². The molecule has 1 aliphatic rings. The number of rotatable bonds is 4. The van der Waals surface area contributed by atoms with Crippen LogP contribution in [0.25, 0.3) is 0 Å². The van der Waals surface area contributed by atoms with E-state index < -0.39 is 0 Å². The van der Waals surface area contributed by atoms with Crippen molar-refractivity contribution >= 4 is 0 Å². The van der Waals surface area contributed by atoms with Crippen LogP contribution < -0.4 is 5.32 Å². The van der Waals surface area contributed by atoms with Gasteiger partial charge in [0.15, 0.2) is 0 Å². The van der Waals surface area contributed by atoms with Crippen LogP contribution in [0, 0.1) is 19.8 Å². The maximum atomic E-state index is 5.39. The first-order valence-corrected chi connectivity index (χ1v) is 6.54. The molecule has 1 aromatic carbocycles. The zero-order valence-corrected chi connectivity index (χ0v) is 11.1. The van der Waals surface area contributed by atoms with Crippen LogP contribution in [0.4, 0.5) is 0 Å². The van der Waals surface area contributed by atoms with Crippen LogP contribution in [0.3, 0.4) is 0 Å². The fraction of sp³-hybridized carbons (Fsp3) is 0.600. The number of ether oxygens (including phenoxy) is 1. The van der Waals surface area contributed by atoms with E-state index in [0.717, 1.165) is 19.8 Å². The zero-order chi connectivity index (χ0) is 12.3. The third-order valence-electron chi connectivity index (χ3n) is 3.48. The fourth-order valence-corrected chi connectivity index (χ4v) is 2.47. The molecule has 0 aliphatic carbocycles. The number of nitrogens with one attached hydrogen (secondary N) is 1. The Morgan fingerprint density at radius 3 is 2.59 bits per heavy atom.